The van der Waals surface area contributed by atoms with E-state index in [2.05, 4.69) is 10.3 Å². The highest BCUT2D eigenvalue weighted by Gasteiger charge is 2.11. The number of hydrogen-bond acceptors (Lipinski definition) is 5. The standard InChI is InChI=1S/C16H15ClN2O4/c1-2-22-13-6-4-12(5-7-13)19-15(20)10-23-16(21)11-3-8-14(17)18-9-11/h3-9H,2,10H2,1H3,(H,19,20). The molecule has 0 atom stereocenters. The molecule has 1 aromatic carbocycles. The minimum atomic E-state index is -0.643. The number of carbonyl (C=O) groups excluding carboxylic acids is 2. The van der Waals surface area contributed by atoms with Gasteiger partial charge >= 0.3 is 5.97 Å². The second kappa shape index (κ2) is 8.14. The van der Waals surface area contributed by atoms with E-state index in [4.69, 9.17) is 21.1 Å². The minimum Gasteiger partial charge on any atom is -0.494 e. The average Bonchev–Trinajstić information content (AvgIpc) is 2.55. The zero-order chi connectivity index (χ0) is 16.7. The summed E-state index contributed by atoms with van der Waals surface area (Å²) in [5.41, 5.74) is 0.811. The molecule has 0 saturated carbocycles. The minimum absolute atomic E-state index is 0.225. The fraction of sp³-hybridized carbons (Fsp3) is 0.188. The molecule has 23 heavy (non-hydrogen) atoms. The van der Waals surface area contributed by atoms with Crippen LogP contribution in [0, 0.1) is 0 Å². The number of nitrogens with zero attached hydrogens (tertiary/aromatic N) is 1. The first-order chi connectivity index (χ1) is 11.1. The normalized spacial score (nSPS) is 10.0. The zero-order valence-corrected chi connectivity index (χ0v) is 13.2. The van der Waals surface area contributed by atoms with Crippen molar-refractivity contribution in [1.82, 2.24) is 4.98 Å². The number of carbonyl (C=O) groups is 2. The van der Waals surface area contributed by atoms with Gasteiger partial charge in [-0.2, -0.15) is 0 Å². The molecule has 120 valence electrons. The Bertz CT molecular complexity index is 671. The van der Waals surface area contributed by atoms with Gasteiger partial charge in [0.2, 0.25) is 0 Å². The molecule has 0 aliphatic carbocycles. The van der Waals surface area contributed by atoms with E-state index in [1.807, 2.05) is 6.92 Å². The Hall–Kier alpha value is -2.60. The number of anilines is 1. The van der Waals surface area contributed by atoms with Gasteiger partial charge in [-0.3, -0.25) is 4.79 Å². The molecule has 0 aliphatic heterocycles. The highest BCUT2D eigenvalue weighted by Crippen LogP contribution is 2.15. The Morgan fingerprint density at radius 2 is 1.91 bits per heavy atom. The van der Waals surface area contributed by atoms with Crippen LogP contribution in [0.5, 0.6) is 5.75 Å². The van der Waals surface area contributed by atoms with Crippen molar-refractivity contribution in [2.45, 2.75) is 6.92 Å². The lowest BCUT2D eigenvalue weighted by molar-refractivity contribution is -0.119. The Morgan fingerprint density at radius 3 is 2.52 bits per heavy atom. The van der Waals surface area contributed by atoms with E-state index in [1.54, 1.807) is 24.3 Å². The Morgan fingerprint density at radius 1 is 1.17 bits per heavy atom. The molecule has 2 rings (SSSR count). The maximum atomic E-state index is 11.8. The predicted octanol–water partition coefficient (Wildman–Crippen LogP) is 2.93. The van der Waals surface area contributed by atoms with Crippen LogP contribution in [-0.2, 0) is 9.53 Å². The van der Waals surface area contributed by atoms with Gasteiger partial charge < -0.3 is 14.8 Å². The molecule has 0 fully saturated rings. The van der Waals surface area contributed by atoms with Crippen LogP contribution >= 0.6 is 11.6 Å². The van der Waals surface area contributed by atoms with Gasteiger partial charge in [0, 0.05) is 11.9 Å². The molecule has 0 spiro atoms. The summed E-state index contributed by atoms with van der Waals surface area (Å²) in [5, 5.41) is 2.89. The van der Waals surface area contributed by atoms with E-state index < -0.39 is 18.5 Å². The van der Waals surface area contributed by atoms with Crippen LogP contribution in [0.1, 0.15) is 17.3 Å². The van der Waals surface area contributed by atoms with Gasteiger partial charge in [-0.1, -0.05) is 11.6 Å². The Kier molecular flexibility index (Phi) is 5.94. The average molecular weight is 335 g/mol. The summed E-state index contributed by atoms with van der Waals surface area (Å²) >= 11 is 5.63. The number of amides is 1. The summed E-state index contributed by atoms with van der Waals surface area (Å²) in [7, 11) is 0. The second-order valence-electron chi connectivity index (χ2n) is 4.45. The van der Waals surface area contributed by atoms with Crippen LogP contribution in [0.3, 0.4) is 0 Å². The van der Waals surface area contributed by atoms with Crippen LogP contribution in [0.2, 0.25) is 5.15 Å². The van der Waals surface area contributed by atoms with Crippen molar-refractivity contribution in [3.8, 4) is 5.75 Å². The number of nitrogens with one attached hydrogen (secondary N) is 1. The van der Waals surface area contributed by atoms with E-state index >= 15 is 0 Å². The van der Waals surface area contributed by atoms with Crippen LogP contribution in [0.25, 0.3) is 0 Å². The van der Waals surface area contributed by atoms with Crippen LogP contribution in [0.4, 0.5) is 5.69 Å². The van der Waals surface area contributed by atoms with Crippen molar-refractivity contribution in [1.29, 1.82) is 0 Å². The lowest BCUT2D eigenvalue weighted by atomic mass is 10.3. The molecule has 1 N–H and O–H groups in total. The van der Waals surface area contributed by atoms with Crippen molar-refractivity contribution in [3.63, 3.8) is 0 Å². The van der Waals surface area contributed by atoms with Crippen LogP contribution < -0.4 is 10.1 Å². The Labute approximate surface area is 138 Å². The van der Waals surface area contributed by atoms with Gasteiger partial charge in [-0.05, 0) is 43.3 Å². The maximum absolute atomic E-state index is 11.8. The van der Waals surface area contributed by atoms with Crippen LogP contribution in [0.15, 0.2) is 42.6 Å². The zero-order valence-electron chi connectivity index (χ0n) is 12.4. The monoisotopic (exact) mass is 334 g/mol. The number of benzene rings is 1. The predicted molar refractivity (Wildman–Crippen MR) is 85.8 cm³/mol. The quantitative estimate of drug-likeness (QED) is 0.649. The first-order valence-electron chi connectivity index (χ1n) is 6.90. The highest BCUT2D eigenvalue weighted by molar-refractivity contribution is 6.29. The number of hydrogen-bond donors (Lipinski definition) is 1. The second-order valence-corrected chi connectivity index (χ2v) is 4.84. The molecule has 2 aromatic rings. The lowest BCUT2D eigenvalue weighted by Gasteiger charge is -2.08. The summed E-state index contributed by atoms with van der Waals surface area (Å²) in [6.07, 6.45) is 1.29. The lowest BCUT2D eigenvalue weighted by Crippen LogP contribution is -2.20. The van der Waals surface area contributed by atoms with E-state index in [-0.39, 0.29) is 10.7 Å². The van der Waals surface area contributed by atoms with E-state index in [0.29, 0.717) is 18.0 Å². The highest BCUT2D eigenvalue weighted by atomic mass is 35.5. The fourth-order valence-corrected chi connectivity index (χ4v) is 1.82. The number of halogens is 1. The Balaban J connectivity index is 1.82. The molecular weight excluding hydrogens is 320 g/mol. The third-order valence-corrected chi connectivity index (χ3v) is 2.97. The van der Waals surface area contributed by atoms with Gasteiger partial charge in [0.05, 0.1) is 12.2 Å². The van der Waals surface area contributed by atoms with E-state index in [0.717, 1.165) is 0 Å². The summed E-state index contributed by atoms with van der Waals surface area (Å²) in [6, 6.07) is 9.83. The van der Waals surface area contributed by atoms with Gasteiger partial charge in [0.25, 0.3) is 5.91 Å². The number of aromatic nitrogens is 1. The molecule has 0 radical (unpaired) electrons. The number of ether oxygens (including phenoxy) is 2. The third kappa shape index (κ3) is 5.27. The SMILES string of the molecule is CCOc1ccc(NC(=O)COC(=O)c2ccc(Cl)nc2)cc1. The summed E-state index contributed by atoms with van der Waals surface area (Å²) in [5.74, 6) is -0.368. The van der Waals surface area contributed by atoms with Gasteiger partial charge in [-0.25, -0.2) is 9.78 Å². The topological polar surface area (TPSA) is 77.5 Å². The molecule has 1 amide bonds. The smallest absolute Gasteiger partial charge is 0.340 e. The first kappa shape index (κ1) is 16.8. The fourth-order valence-electron chi connectivity index (χ4n) is 1.71. The molecular formula is C16H15ClN2O4. The van der Waals surface area contributed by atoms with Crippen molar-refractivity contribution >= 4 is 29.2 Å². The third-order valence-electron chi connectivity index (χ3n) is 2.75. The molecule has 0 unspecified atom stereocenters. The van der Waals surface area contributed by atoms with Crippen molar-refractivity contribution in [2.75, 3.05) is 18.5 Å². The molecule has 1 heterocycles. The van der Waals surface area contributed by atoms with E-state index in [9.17, 15) is 9.59 Å². The largest absolute Gasteiger partial charge is 0.494 e. The number of rotatable bonds is 6. The van der Waals surface area contributed by atoms with E-state index in [1.165, 1.54) is 18.3 Å². The summed E-state index contributed by atoms with van der Waals surface area (Å²) < 4.78 is 10.2. The first-order valence-corrected chi connectivity index (χ1v) is 7.27. The molecule has 1 aromatic heterocycles. The van der Waals surface area contributed by atoms with Crippen molar-refractivity contribution < 1.29 is 19.1 Å². The van der Waals surface area contributed by atoms with Crippen LogP contribution in [-0.4, -0.2) is 30.1 Å². The van der Waals surface area contributed by atoms with Gasteiger partial charge in [0.1, 0.15) is 10.9 Å². The molecule has 0 saturated heterocycles. The molecule has 0 aliphatic rings. The van der Waals surface area contributed by atoms with Crippen molar-refractivity contribution in [3.05, 3.63) is 53.3 Å². The number of esters is 1. The molecule has 6 nitrogen and oxygen atoms in total. The van der Waals surface area contributed by atoms with Gasteiger partial charge in [0.15, 0.2) is 6.61 Å². The summed E-state index contributed by atoms with van der Waals surface area (Å²) in [4.78, 5) is 27.3. The molecule has 0 bridgehead atoms. The van der Waals surface area contributed by atoms with Crippen molar-refractivity contribution in [2.24, 2.45) is 0 Å². The maximum Gasteiger partial charge on any atom is 0.340 e. The molecule has 7 heteroatoms. The summed E-state index contributed by atoms with van der Waals surface area (Å²) in [6.45, 7) is 2.07. The van der Waals surface area contributed by atoms with Gasteiger partial charge in [-0.15, -0.1) is 0 Å². The number of pyridine rings is 1.